The van der Waals surface area contributed by atoms with Crippen LogP contribution in [0.5, 0.6) is 0 Å². The molecule has 0 aromatic heterocycles. The molecule has 21 heavy (non-hydrogen) atoms. The third-order valence-corrected chi connectivity index (χ3v) is 5.45. The van der Waals surface area contributed by atoms with Crippen LogP contribution in [0.2, 0.25) is 0 Å². The number of nitrogens with zero attached hydrogens (tertiary/aromatic N) is 1. The Morgan fingerprint density at radius 3 is 2.19 bits per heavy atom. The molecule has 2 unspecified atom stereocenters. The first-order valence-corrected chi connectivity index (χ1v) is 8.45. The summed E-state index contributed by atoms with van der Waals surface area (Å²) >= 11 is 1.90. The molecule has 0 spiro atoms. The van der Waals surface area contributed by atoms with Gasteiger partial charge >= 0.3 is 11.9 Å². The van der Waals surface area contributed by atoms with Crippen molar-refractivity contribution in [1.29, 1.82) is 0 Å². The van der Waals surface area contributed by atoms with E-state index in [0.29, 0.717) is 18.9 Å². The van der Waals surface area contributed by atoms with E-state index in [0.717, 1.165) is 24.3 Å². The van der Waals surface area contributed by atoms with Crippen molar-refractivity contribution < 1.29 is 24.6 Å². The van der Waals surface area contributed by atoms with Crippen molar-refractivity contribution in [3.05, 3.63) is 0 Å². The summed E-state index contributed by atoms with van der Waals surface area (Å²) in [5.41, 5.74) is 0. The molecule has 2 fully saturated rings. The first-order chi connectivity index (χ1) is 9.99. The fourth-order valence-electron chi connectivity index (χ4n) is 3.05. The summed E-state index contributed by atoms with van der Waals surface area (Å²) in [6.07, 6.45) is 2.75. The van der Waals surface area contributed by atoms with Crippen molar-refractivity contribution in [3.8, 4) is 0 Å². The van der Waals surface area contributed by atoms with E-state index in [1.54, 1.807) is 4.90 Å². The van der Waals surface area contributed by atoms with Crippen LogP contribution in [0.1, 0.15) is 25.7 Å². The number of hydrogen-bond acceptors (Lipinski definition) is 4. The summed E-state index contributed by atoms with van der Waals surface area (Å²) in [5, 5.41) is 18.2. The molecule has 1 amide bonds. The summed E-state index contributed by atoms with van der Waals surface area (Å²) in [7, 11) is 0. The van der Waals surface area contributed by atoms with Gasteiger partial charge in [0.05, 0.1) is 11.8 Å². The monoisotopic (exact) mass is 315 g/mol. The van der Waals surface area contributed by atoms with E-state index in [2.05, 4.69) is 0 Å². The van der Waals surface area contributed by atoms with Gasteiger partial charge in [-0.25, -0.2) is 0 Å². The summed E-state index contributed by atoms with van der Waals surface area (Å²) < 4.78 is 0. The third kappa shape index (κ3) is 4.12. The molecule has 2 rings (SSSR count). The maximum Gasteiger partial charge on any atom is 0.309 e. The molecule has 0 aromatic rings. The van der Waals surface area contributed by atoms with Gasteiger partial charge in [0.2, 0.25) is 5.91 Å². The van der Waals surface area contributed by atoms with Crippen LogP contribution in [0.4, 0.5) is 0 Å². The molecule has 118 valence electrons. The van der Waals surface area contributed by atoms with Crippen molar-refractivity contribution >= 4 is 29.6 Å². The number of piperidine rings is 1. The fraction of sp³-hybridized carbons (Fsp3) is 0.786. The average molecular weight is 315 g/mol. The molecule has 7 heteroatoms. The Balaban J connectivity index is 1.93. The van der Waals surface area contributed by atoms with Gasteiger partial charge < -0.3 is 15.1 Å². The van der Waals surface area contributed by atoms with Crippen LogP contribution in [-0.4, -0.2) is 57.6 Å². The lowest BCUT2D eigenvalue weighted by Crippen LogP contribution is -2.49. The van der Waals surface area contributed by atoms with Gasteiger partial charge in [-0.1, -0.05) is 0 Å². The Labute approximate surface area is 127 Å². The molecule has 2 aliphatic heterocycles. The first-order valence-electron chi connectivity index (χ1n) is 7.30. The maximum atomic E-state index is 12.3. The van der Waals surface area contributed by atoms with Crippen molar-refractivity contribution in [3.63, 3.8) is 0 Å². The smallest absolute Gasteiger partial charge is 0.309 e. The number of rotatable bonds is 4. The number of carbonyl (C=O) groups is 3. The third-order valence-electron chi connectivity index (χ3n) is 4.40. The number of hydrogen-bond donors (Lipinski definition) is 2. The zero-order valence-corrected chi connectivity index (χ0v) is 12.7. The van der Waals surface area contributed by atoms with Gasteiger partial charge in [0.25, 0.3) is 0 Å². The second-order valence-electron chi connectivity index (χ2n) is 5.78. The highest BCUT2D eigenvalue weighted by Crippen LogP contribution is 2.28. The Morgan fingerprint density at radius 1 is 1.00 bits per heavy atom. The molecule has 2 atom stereocenters. The van der Waals surface area contributed by atoms with E-state index in [4.69, 9.17) is 5.11 Å². The van der Waals surface area contributed by atoms with Crippen LogP contribution in [-0.2, 0) is 14.4 Å². The standard InChI is InChI=1S/C14H21NO5S/c16-12(7-9-2-5-21-6-3-9)15-4-1-10(13(17)18)11(8-15)14(19)20/h9-11H,1-8H2,(H,17,18)(H,19,20). The van der Waals surface area contributed by atoms with Gasteiger partial charge in [-0.15, -0.1) is 0 Å². The van der Waals surface area contributed by atoms with Gasteiger partial charge in [0.1, 0.15) is 0 Å². The number of amides is 1. The first kappa shape index (κ1) is 16.1. The Bertz CT molecular complexity index is 422. The number of carboxylic acid groups (broad SMARTS) is 2. The minimum atomic E-state index is -1.13. The van der Waals surface area contributed by atoms with Gasteiger partial charge in [-0.3, -0.25) is 14.4 Å². The normalized spacial score (nSPS) is 27.3. The SMILES string of the molecule is O=C(O)C1CCN(C(=O)CC2CCSCC2)CC1C(=O)O. The van der Waals surface area contributed by atoms with E-state index in [-0.39, 0.29) is 18.9 Å². The van der Waals surface area contributed by atoms with Crippen molar-refractivity contribution in [1.82, 2.24) is 4.90 Å². The topological polar surface area (TPSA) is 94.9 Å². The molecule has 0 aromatic carbocycles. The summed E-state index contributed by atoms with van der Waals surface area (Å²) in [5.74, 6) is -1.58. The predicted molar refractivity (Wildman–Crippen MR) is 78.1 cm³/mol. The molecule has 0 radical (unpaired) electrons. The molecule has 0 aliphatic carbocycles. The molecule has 2 heterocycles. The lowest BCUT2D eigenvalue weighted by Gasteiger charge is -2.35. The van der Waals surface area contributed by atoms with Crippen LogP contribution in [0.3, 0.4) is 0 Å². The minimum Gasteiger partial charge on any atom is -0.481 e. The van der Waals surface area contributed by atoms with Crippen LogP contribution in [0, 0.1) is 17.8 Å². The number of carboxylic acids is 2. The van der Waals surface area contributed by atoms with Gasteiger partial charge in [0.15, 0.2) is 0 Å². The van der Waals surface area contributed by atoms with Crippen molar-refractivity contribution in [2.24, 2.45) is 17.8 Å². The molecule has 2 aliphatic rings. The van der Waals surface area contributed by atoms with Gasteiger partial charge in [-0.2, -0.15) is 11.8 Å². The molecular weight excluding hydrogens is 294 g/mol. The highest BCUT2D eigenvalue weighted by atomic mass is 32.2. The highest BCUT2D eigenvalue weighted by molar-refractivity contribution is 7.99. The summed E-state index contributed by atoms with van der Waals surface area (Å²) in [6, 6.07) is 0. The van der Waals surface area contributed by atoms with Crippen LogP contribution < -0.4 is 0 Å². The zero-order valence-electron chi connectivity index (χ0n) is 11.9. The highest BCUT2D eigenvalue weighted by Gasteiger charge is 2.40. The van der Waals surface area contributed by atoms with Crippen LogP contribution in [0.15, 0.2) is 0 Å². The van der Waals surface area contributed by atoms with Crippen molar-refractivity contribution in [2.75, 3.05) is 24.6 Å². The van der Waals surface area contributed by atoms with Crippen LogP contribution >= 0.6 is 11.8 Å². The zero-order chi connectivity index (χ0) is 15.4. The number of likely N-dealkylation sites (tertiary alicyclic amines) is 1. The molecule has 6 nitrogen and oxygen atoms in total. The lowest BCUT2D eigenvalue weighted by molar-refractivity contribution is -0.159. The second-order valence-corrected chi connectivity index (χ2v) is 7.00. The van der Waals surface area contributed by atoms with E-state index in [1.165, 1.54) is 0 Å². The summed E-state index contributed by atoms with van der Waals surface area (Å²) in [6.45, 7) is 0.369. The summed E-state index contributed by atoms with van der Waals surface area (Å²) in [4.78, 5) is 36.1. The van der Waals surface area contributed by atoms with Gasteiger partial charge in [0, 0.05) is 19.5 Å². The largest absolute Gasteiger partial charge is 0.481 e. The maximum absolute atomic E-state index is 12.3. The second kappa shape index (κ2) is 7.15. The van der Waals surface area contributed by atoms with Crippen LogP contribution in [0.25, 0.3) is 0 Å². The molecule has 0 bridgehead atoms. The minimum absolute atomic E-state index is 0.0204. The Hall–Kier alpha value is -1.24. The van der Waals surface area contributed by atoms with Crippen molar-refractivity contribution in [2.45, 2.75) is 25.7 Å². The Morgan fingerprint density at radius 2 is 1.62 bits per heavy atom. The molecule has 2 N–H and O–H groups in total. The molecule has 0 saturated carbocycles. The van der Waals surface area contributed by atoms with E-state index >= 15 is 0 Å². The lowest BCUT2D eigenvalue weighted by atomic mass is 9.85. The average Bonchev–Trinajstić information content (AvgIpc) is 2.47. The number of thioether (sulfide) groups is 1. The predicted octanol–water partition coefficient (Wildman–Crippen LogP) is 1.15. The van der Waals surface area contributed by atoms with Gasteiger partial charge in [-0.05, 0) is 36.7 Å². The number of aliphatic carboxylic acids is 2. The van der Waals surface area contributed by atoms with E-state index in [9.17, 15) is 19.5 Å². The molecule has 2 saturated heterocycles. The Kier molecular flexibility index (Phi) is 5.50. The van der Waals surface area contributed by atoms with E-state index < -0.39 is 23.8 Å². The quantitative estimate of drug-likeness (QED) is 0.808. The fourth-order valence-corrected chi connectivity index (χ4v) is 4.26. The van der Waals surface area contributed by atoms with E-state index in [1.807, 2.05) is 11.8 Å². The number of carbonyl (C=O) groups excluding carboxylic acids is 1. The molecular formula is C14H21NO5S.